The highest BCUT2D eigenvalue weighted by Crippen LogP contribution is 2.21. The third kappa shape index (κ3) is 3.81. The van der Waals surface area contributed by atoms with E-state index in [4.69, 9.17) is 5.11 Å². The molecule has 0 saturated carbocycles. The standard InChI is InChI=1S/C15H18N2O4/c1-10(18)11-4-6-12(7-5-11)16-15(21)17-8-2-3-13(17)9-14(19)20/h4-7,13H,2-3,8-9H2,1H3,(H,16,21)(H,19,20). The number of nitrogens with one attached hydrogen (secondary N) is 1. The summed E-state index contributed by atoms with van der Waals surface area (Å²) >= 11 is 0. The summed E-state index contributed by atoms with van der Waals surface area (Å²) in [5.41, 5.74) is 1.17. The third-order valence-electron chi connectivity index (χ3n) is 3.59. The average Bonchev–Trinajstić information content (AvgIpc) is 2.86. The van der Waals surface area contributed by atoms with Crippen LogP contribution in [0.1, 0.15) is 36.5 Å². The predicted molar refractivity (Wildman–Crippen MR) is 77.4 cm³/mol. The summed E-state index contributed by atoms with van der Waals surface area (Å²) < 4.78 is 0. The van der Waals surface area contributed by atoms with Crippen LogP contribution in [0, 0.1) is 0 Å². The minimum absolute atomic E-state index is 0.0311. The summed E-state index contributed by atoms with van der Waals surface area (Å²) in [5.74, 6) is -0.931. The number of hydrogen-bond acceptors (Lipinski definition) is 3. The van der Waals surface area contributed by atoms with Gasteiger partial charge in [0.25, 0.3) is 0 Å². The maximum Gasteiger partial charge on any atom is 0.322 e. The van der Waals surface area contributed by atoms with Gasteiger partial charge >= 0.3 is 12.0 Å². The molecule has 1 heterocycles. The lowest BCUT2D eigenvalue weighted by molar-refractivity contribution is -0.137. The van der Waals surface area contributed by atoms with Gasteiger partial charge in [0.2, 0.25) is 0 Å². The molecule has 1 unspecified atom stereocenters. The van der Waals surface area contributed by atoms with Crippen molar-refractivity contribution < 1.29 is 19.5 Å². The van der Waals surface area contributed by atoms with E-state index in [-0.39, 0.29) is 24.3 Å². The Morgan fingerprint density at radius 2 is 1.95 bits per heavy atom. The Morgan fingerprint density at radius 1 is 1.29 bits per heavy atom. The molecule has 1 aromatic carbocycles. The summed E-state index contributed by atoms with van der Waals surface area (Å²) in [6.45, 7) is 2.05. The van der Waals surface area contributed by atoms with E-state index in [1.54, 1.807) is 29.2 Å². The molecule has 1 aliphatic rings. The molecular formula is C15H18N2O4. The van der Waals surface area contributed by atoms with Gasteiger partial charge in [-0.1, -0.05) is 0 Å². The van der Waals surface area contributed by atoms with Gasteiger partial charge < -0.3 is 15.3 Å². The van der Waals surface area contributed by atoms with Crippen LogP contribution >= 0.6 is 0 Å². The van der Waals surface area contributed by atoms with Gasteiger partial charge in [0.05, 0.1) is 6.42 Å². The van der Waals surface area contributed by atoms with Gasteiger partial charge in [0.1, 0.15) is 0 Å². The molecule has 1 aliphatic heterocycles. The highest BCUT2D eigenvalue weighted by atomic mass is 16.4. The Kier molecular flexibility index (Phi) is 4.57. The zero-order valence-electron chi connectivity index (χ0n) is 11.8. The first kappa shape index (κ1) is 15.0. The number of carboxylic acids is 1. The van der Waals surface area contributed by atoms with Crippen molar-refractivity contribution in [2.75, 3.05) is 11.9 Å². The van der Waals surface area contributed by atoms with E-state index in [0.29, 0.717) is 24.2 Å². The molecule has 0 spiro atoms. The highest BCUT2D eigenvalue weighted by molar-refractivity contribution is 5.95. The fourth-order valence-electron chi connectivity index (χ4n) is 2.50. The Balaban J connectivity index is 2.00. The maximum atomic E-state index is 12.2. The molecule has 1 atom stereocenters. The van der Waals surface area contributed by atoms with Crippen molar-refractivity contribution in [2.24, 2.45) is 0 Å². The zero-order valence-corrected chi connectivity index (χ0v) is 11.8. The average molecular weight is 290 g/mol. The van der Waals surface area contributed by atoms with Crippen LogP contribution < -0.4 is 5.32 Å². The van der Waals surface area contributed by atoms with Crippen molar-refractivity contribution in [1.29, 1.82) is 0 Å². The Hall–Kier alpha value is -2.37. The van der Waals surface area contributed by atoms with Crippen LogP contribution in [0.4, 0.5) is 10.5 Å². The smallest absolute Gasteiger partial charge is 0.322 e. The van der Waals surface area contributed by atoms with E-state index in [0.717, 1.165) is 6.42 Å². The van der Waals surface area contributed by atoms with Gasteiger partial charge in [-0.25, -0.2) is 4.79 Å². The second kappa shape index (κ2) is 6.39. The first-order valence-electron chi connectivity index (χ1n) is 6.88. The Bertz CT molecular complexity index is 553. The van der Waals surface area contributed by atoms with Gasteiger partial charge in [-0.15, -0.1) is 0 Å². The summed E-state index contributed by atoms with van der Waals surface area (Å²) in [7, 11) is 0. The van der Waals surface area contributed by atoms with Gasteiger partial charge in [-0.3, -0.25) is 9.59 Å². The van der Waals surface area contributed by atoms with Crippen LogP contribution in [0.25, 0.3) is 0 Å². The van der Waals surface area contributed by atoms with Crippen molar-refractivity contribution in [2.45, 2.75) is 32.2 Å². The molecule has 1 aromatic rings. The van der Waals surface area contributed by atoms with Crippen LogP contribution in [-0.2, 0) is 4.79 Å². The van der Waals surface area contributed by atoms with Gasteiger partial charge in [-0.2, -0.15) is 0 Å². The van der Waals surface area contributed by atoms with Crippen molar-refractivity contribution in [3.05, 3.63) is 29.8 Å². The van der Waals surface area contributed by atoms with Gasteiger partial charge in [0.15, 0.2) is 5.78 Å². The van der Waals surface area contributed by atoms with Crippen molar-refractivity contribution in [3.63, 3.8) is 0 Å². The molecule has 2 N–H and O–H groups in total. The van der Waals surface area contributed by atoms with E-state index in [1.165, 1.54) is 6.92 Å². The molecular weight excluding hydrogens is 272 g/mol. The number of likely N-dealkylation sites (tertiary alicyclic amines) is 1. The first-order chi connectivity index (χ1) is 9.97. The lowest BCUT2D eigenvalue weighted by Gasteiger charge is -2.23. The Morgan fingerprint density at radius 3 is 2.52 bits per heavy atom. The number of Topliss-reactive ketones (excluding diaryl/α,β-unsaturated/α-hetero) is 1. The fraction of sp³-hybridized carbons (Fsp3) is 0.400. The number of aliphatic carboxylic acids is 1. The normalized spacial score (nSPS) is 17.6. The second-order valence-electron chi connectivity index (χ2n) is 5.15. The lowest BCUT2D eigenvalue weighted by Crippen LogP contribution is -2.39. The number of carboxylic acid groups (broad SMARTS) is 1. The largest absolute Gasteiger partial charge is 0.481 e. The molecule has 0 aliphatic carbocycles. The van der Waals surface area contributed by atoms with E-state index < -0.39 is 5.97 Å². The Labute approximate surface area is 122 Å². The topological polar surface area (TPSA) is 86.7 Å². The highest BCUT2D eigenvalue weighted by Gasteiger charge is 2.30. The number of hydrogen-bond donors (Lipinski definition) is 2. The van der Waals surface area contributed by atoms with Crippen molar-refractivity contribution in [3.8, 4) is 0 Å². The molecule has 112 valence electrons. The number of nitrogens with zero attached hydrogens (tertiary/aromatic N) is 1. The number of amides is 2. The SMILES string of the molecule is CC(=O)c1ccc(NC(=O)N2CCCC2CC(=O)O)cc1. The van der Waals surface area contributed by atoms with E-state index >= 15 is 0 Å². The van der Waals surface area contributed by atoms with Crippen molar-refractivity contribution >= 4 is 23.5 Å². The van der Waals surface area contributed by atoms with Crippen LogP contribution in [0.3, 0.4) is 0 Å². The number of anilines is 1. The number of urea groups is 1. The third-order valence-corrected chi connectivity index (χ3v) is 3.59. The number of benzene rings is 1. The van der Waals surface area contributed by atoms with E-state index in [2.05, 4.69) is 5.32 Å². The molecule has 6 heteroatoms. The molecule has 21 heavy (non-hydrogen) atoms. The zero-order chi connectivity index (χ0) is 15.4. The van der Waals surface area contributed by atoms with Crippen LogP contribution in [0.2, 0.25) is 0 Å². The molecule has 1 saturated heterocycles. The number of rotatable bonds is 4. The van der Waals surface area contributed by atoms with Crippen LogP contribution in [0.15, 0.2) is 24.3 Å². The van der Waals surface area contributed by atoms with Crippen molar-refractivity contribution in [1.82, 2.24) is 4.90 Å². The first-order valence-corrected chi connectivity index (χ1v) is 6.88. The molecule has 0 radical (unpaired) electrons. The quantitative estimate of drug-likeness (QED) is 0.833. The lowest BCUT2D eigenvalue weighted by atomic mass is 10.1. The summed E-state index contributed by atoms with van der Waals surface area (Å²) in [5, 5.41) is 11.6. The molecule has 2 amide bonds. The monoisotopic (exact) mass is 290 g/mol. The summed E-state index contributed by atoms with van der Waals surface area (Å²) in [6, 6.07) is 6.08. The van der Waals surface area contributed by atoms with Crippen LogP contribution in [-0.4, -0.2) is 40.4 Å². The number of ketones is 1. The second-order valence-corrected chi connectivity index (χ2v) is 5.15. The number of carbonyl (C=O) groups is 3. The number of carbonyl (C=O) groups excluding carboxylic acids is 2. The van der Waals surface area contributed by atoms with E-state index in [9.17, 15) is 14.4 Å². The summed E-state index contributed by atoms with van der Waals surface area (Å²) in [6.07, 6.45) is 1.49. The molecule has 1 fully saturated rings. The maximum absolute atomic E-state index is 12.2. The minimum atomic E-state index is -0.898. The fourth-order valence-corrected chi connectivity index (χ4v) is 2.50. The molecule has 2 rings (SSSR count). The van der Waals surface area contributed by atoms with Gasteiger partial charge in [-0.05, 0) is 44.0 Å². The van der Waals surface area contributed by atoms with E-state index in [1.807, 2.05) is 0 Å². The van der Waals surface area contributed by atoms with Crippen LogP contribution in [0.5, 0.6) is 0 Å². The summed E-state index contributed by atoms with van der Waals surface area (Å²) in [4.78, 5) is 35.7. The molecule has 6 nitrogen and oxygen atoms in total. The molecule has 0 aromatic heterocycles. The minimum Gasteiger partial charge on any atom is -0.481 e. The van der Waals surface area contributed by atoms with Gasteiger partial charge in [0, 0.05) is 23.8 Å². The predicted octanol–water partition coefficient (Wildman–Crippen LogP) is 2.36. The molecule has 0 bridgehead atoms.